The molecule has 1 N–H and O–H groups in total. The molecule has 0 bridgehead atoms. The van der Waals surface area contributed by atoms with Crippen molar-refractivity contribution in [1.29, 1.82) is 0 Å². The fraction of sp³-hybridized carbons (Fsp3) is 0.200. The van der Waals surface area contributed by atoms with E-state index in [9.17, 15) is 19.7 Å². The molecule has 0 radical (unpaired) electrons. The largest absolute Gasteiger partial charge is 0.493 e. The van der Waals surface area contributed by atoms with Gasteiger partial charge in [-0.05, 0) is 42.8 Å². The topological polar surface area (TPSA) is 117 Å². The van der Waals surface area contributed by atoms with Gasteiger partial charge in [-0.15, -0.1) is 0 Å². The minimum absolute atomic E-state index is 0.0920. The standard InChI is InChI=1S/C20H20N2O7/c1-3-28-18-12-14(4-10-17(18)27-2)5-11-20(24)29-13-19(23)21-15-6-8-16(9-7-15)22(25)26/h4-12H,3,13H2,1-2H3,(H,21,23)/b11-5+. The van der Waals surface area contributed by atoms with Crippen LogP contribution in [0.25, 0.3) is 6.08 Å². The van der Waals surface area contributed by atoms with Crippen LogP contribution >= 0.6 is 0 Å². The molecule has 1 amide bonds. The van der Waals surface area contributed by atoms with Crippen molar-refractivity contribution in [3.63, 3.8) is 0 Å². The number of anilines is 1. The van der Waals surface area contributed by atoms with Gasteiger partial charge < -0.3 is 19.5 Å². The number of rotatable bonds is 9. The van der Waals surface area contributed by atoms with E-state index in [1.165, 1.54) is 43.5 Å². The van der Waals surface area contributed by atoms with Crippen LogP contribution in [-0.2, 0) is 14.3 Å². The number of carbonyl (C=O) groups is 2. The molecule has 0 heterocycles. The highest BCUT2D eigenvalue weighted by atomic mass is 16.6. The van der Waals surface area contributed by atoms with Crippen LogP contribution in [0.15, 0.2) is 48.5 Å². The van der Waals surface area contributed by atoms with Crippen molar-refractivity contribution < 1.29 is 28.7 Å². The average molecular weight is 400 g/mol. The zero-order chi connectivity index (χ0) is 21.2. The molecule has 9 heteroatoms. The van der Waals surface area contributed by atoms with Crippen molar-refractivity contribution in [3.05, 3.63) is 64.2 Å². The summed E-state index contributed by atoms with van der Waals surface area (Å²) in [6, 6.07) is 10.5. The van der Waals surface area contributed by atoms with E-state index < -0.39 is 23.4 Å². The molecule has 0 aliphatic carbocycles. The lowest BCUT2D eigenvalue weighted by Crippen LogP contribution is -2.20. The van der Waals surface area contributed by atoms with E-state index in [1.807, 2.05) is 6.92 Å². The van der Waals surface area contributed by atoms with Gasteiger partial charge in [-0.1, -0.05) is 6.07 Å². The summed E-state index contributed by atoms with van der Waals surface area (Å²) in [5, 5.41) is 13.1. The second kappa shape index (κ2) is 10.5. The molecule has 0 spiro atoms. The number of nitrogens with one attached hydrogen (secondary N) is 1. The van der Waals surface area contributed by atoms with Gasteiger partial charge in [0.15, 0.2) is 18.1 Å². The molecule has 2 aromatic rings. The maximum Gasteiger partial charge on any atom is 0.331 e. The fourth-order valence-corrected chi connectivity index (χ4v) is 2.28. The molecule has 0 unspecified atom stereocenters. The third-order valence-corrected chi connectivity index (χ3v) is 3.61. The Morgan fingerprint density at radius 3 is 2.48 bits per heavy atom. The van der Waals surface area contributed by atoms with E-state index in [4.69, 9.17) is 14.2 Å². The molecular weight excluding hydrogens is 380 g/mol. The molecule has 9 nitrogen and oxygen atoms in total. The smallest absolute Gasteiger partial charge is 0.331 e. The number of benzene rings is 2. The van der Waals surface area contributed by atoms with Crippen LogP contribution in [0.1, 0.15) is 12.5 Å². The second-order valence-electron chi connectivity index (χ2n) is 5.64. The van der Waals surface area contributed by atoms with Gasteiger partial charge >= 0.3 is 5.97 Å². The summed E-state index contributed by atoms with van der Waals surface area (Å²) in [6.07, 6.45) is 2.72. The van der Waals surface area contributed by atoms with Crippen LogP contribution in [0.2, 0.25) is 0 Å². The molecule has 0 atom stereocenters. The van der Waals surface area contributed by atoms with E-state index in [1.54, 1.807) is 18.2 Å². The van der Waals surface area contributed by atoms with E-state index in [2.05, 4.69) is 5.32 Å². The molecule has 0 saturated carbocycles. The first kappa shape index (κ1) is 21.4. The highest BCUT2D eigenvalue weighted by molar-refractivity contribution is 5.94. The van der Waals surface area contributed by atoms with Crippen LogP contribution in [0.5, 0.6) is 11.5 Å². The molecular formula is C20H20N2O7. The summed E-state index contributed by atoms with van der Waals surface area (Å²) >= 11 is 0. The normalized spacial score (nSPS) is 10.4. The summed E-state index contributed by atoms with van der Waals surface area (Å²) in [4.78, 5) is 33.7. The summed E-state index contributed by atoms with van der Waals surface area (Å²) in [5.41, 5.74) is 0.959. The van der Waals surface area contributed by atoms with E-state index in [0.717, 1.165) is 0 Å². The number of esters is 1. The average Bonchev–Trinajstić information content (AvgIpc) is 2.71. The minimum Gasteiger partial charge on any atom is -0.493 e. The number of hydrogen-bond acceptors (Lipinski definition) is 7. The predicted octanol–water partition coefficient (Wildman–Crippen LogP) is 3.20. The van der Waals surface area contributed by atoms with Gasteiger partial charge in [-0.25, -0.2) is 4.79 Å². The number of non-ortho nitro benzene ring substituents is 1. The van der Waals surface area contributed by atoms with Crippen molar-refractivity contribution >= 4 is 29.3 Å². The Bertz CT molecular complexity index is 908. The van der Waals surface area contributed by atoms with Gasteiger partial charge in [0.2, 0.25) is 0 Å². The molecule has 0 aliphatic rings. The number of methoxy groups -OCH3 is 1. The molecule has 0 fully saturated rings. The Balaban J connectivity index is 1.86. The number of ether oxygens (including phenoxy) is 3. The predicted molar refractivity (Wildman–Crippen MR) is 106 cm³/mol. The highest BCUT2D eigenvalue weighted by Crippen LogP contribution is 2.28. The van der Waals surface area contributed by atoms with Crippen molar-refractivity contribution in [2.24, 2.45) is 0 Å². The van der Waals surface area contributed by atoms with Crippen LogP contribution in [0, 0.1) is 10.1 Å². The van der Waals surface area contributed by atoms with Crippen LogP contribution in [0.3, 0.4) is 0 Å². The maximum atomic E-state index is 11.8. The summed E-state index contributed by atoms with van der Waals surface area (Å²) in [5.74, 6) is -0.135. The monoisotopic (exact) mass is 400 g/mol. The first-order valence-electron chi connectivity index (χ1n) is 8.63. The van der Waals surface area contributed by atoms with Gasteiger partial charge in [0, 0.05) is 23.9 Å². The molecule has 29 heavy (non-hydrogen) atoms. The first-order valence-corrected chi connectivity index (χ1v) is 8.63. The van der Waals surface area contributed by atoms with E-state index in [0.29, 0.717) is 29.4 Å². The van der Waals surface area contributed by atoms with Gasteiger partial charge in [0.1, 0.15) is 0 Å². The summed E-state index contributed by atoms with van der Waals surface area (Å²) < 4.78 is 15.5. The quantitative estimate of drug-likeness (QED) is 0.297. The Hall–Kier alpha value is -3.88. The first-order chi connectivity index (χ1) is 13.9. The fourth-order valence-electron chi connectivity index (χ4n) is 2.28. The van der Waals surface area contributed by atoms with Crippen LogP contribution in [-0.4, -0.2) is 37.1 Å². The molecule has 0 saturated heterocycles. The van der Waals surface area contributed by atoms with E-state index >= 15 is 0 Å². The maximum absolute atomic E-state index is 11.8. The van der Waals surface area contributed by atoms with E-state index in [-0.39, 0.29) is 5.69 Å². The van der Waals surface area contributed by atoms with Gasteiger partial charge in [-0.3, -0.25) is 14.9 Å². The lowest BCUT2D eigenvalue weighted by atomic mass is 10.2. The Labute approximate surface area is 167 Å². The molecule has 2 aromatic carbocycles. The Morgan fingerprint density at radius 2 is 1.86 bits per heavy atom. The van der Waals surface area contributed by atoms with Crippen molar-refractivity contribution in [1.82, 2.24) is 0 Å². The molecule has 0 aromatic heterocycles. The molecule has 152 valence electrons. The number of nitrogens with zero attached hydrogens (tertiary/aromatic N) is 1. The Morgan fingerprint density at radius 1 is 1.14 bits per heavy atom. The number of amides is 1. The van der Waals surface area contributed by atoms with Crippen LogP contribution < -0.4 is 14.8 Å². The zero-order valence-corrected chi connectivity index (χ0v) is 15.9. The number of nitro groups is 1. The van der Waals surface area contributed by atoms with Crippen LogP contribution in [0.4, 0.5) is 11.4 Å². The summed E-state index contributed by atoms with van der Waals surface area (Å²) in [6.45, 7) is 1.82. The minimum atomic E-state index is -0.697. The second-order valence-corrected chi connectivity index (χ2v) is 5.64. The molecule has 0 aliphatic heterocycles. The number of carbonyl (C=O) groups excluding carboxylic acids is 2. The number of nitro benzene ring substituents is 1. The van der Waals surface area contributed by atoms with Crippen molar-refractivity contribution in [2.45, 2.75) is 6.92 Å². The Kier molecular flexibility index (Phi) is 7.72. The number of hydrogen-bond donors (Lipinski definition) is 1. The lowest BCUT2D eigenvalue weighted by Gasteiger charge is -2.09. The summed E-state index contributed by atoms with van der Waals surface area (Å²) in [7, 11) is 1.53. The van der Waals surface area contributed by atoms with Crippen molar-refractivity contribution in [2.75, 3.05) is 25.6 Å². The third kappa shape index (κ3) is 6.65. The zero-order valence-electron chi connectivity index (χ0n) is 15.9. The van der Waals surface area contributed by atoms with Gasteiger partial charge in [0.05, 0.1) is 18.6 Å². The molecule has 2 rings (SSSR count). The SMILES string of the molecule is CCOc1cc(/C=C/C(=O)OCC(=O)Nc2ccc([N+](=O)[O-])cc2)ccc1OC. The highest BCUT2D eigenvalue weighted by Gasteiger charge is 2.09. The van der Waals surface area contributed by atoms with Crippen molar-refractivity contribution in [3.8, 4) is 11.5 Å². The lowest BCUT2D eigenvalue weighted by molar-refractivity contribution is -0.384. The van der Waals surface area contributed by atoms with Gasteiger partial charge in [-0.2, -0.15) is 0 Å². The third-order valence-electron chi connectivity index (χ3n) is 3.61. The van der Waals surface area contributed by atoms with Gasteiger partial charge in [0.25, 0.3) is 11.6 Å².